The Bertz CT molecular complexity index is 2200. The highest BCUT2D eigenvalue weighted by Crippen LogP contribution is 2.30. The number of aryl methyl sites for hydroxylation is 1. The molecule has 0 bridgehead atoms. The normalized spacial score (nSPS) is 17.1. The Morgan fingerprint density at radius 3 is 2.30 bits per heavy atom. The molecule has 0 aliphatic carbocycles. The van der Waals surface area contributed by atoms with Crippen LogP contribution in [0.2, 0.25) is 0 Å². The molecule has 2 aliphatic rings. The summed E-state index contributed by atoms with van der Waals surface area (Å²) in [5.74, 6) is -1.13. The van der Waals surface area contributed by atoms with Crippen LogP contribution in [0, 0.1) is 12.3 Å². The Kier molecular flexibility index (Phi) is 15.3. The van der Waals surface area contributed by atoms with Gasteiger partial charge in [-0.1, -0.05) is 45.0 Å². The Morgan fingerprint density at radius 1 is 1.00 bits per heavy atom. The number of hydrogen-bond acceptors (Lipinski definition) is 11. The lowest BCUT2D eigenvalue weighted by molar-refractivity contribution is -0.144. The van der Waals surface area contributed by atoms with Gasteiger partial charge in [-0.2, -0.15) is 0 Å². The molecule has 4 aromatic rings. The van der Waals surface area contributed by atoms with Gasteiger partial charge in [0.15, 0.2) is 5.96 Å². The Labute approximate surface area is 366 Å². The molecule has 3 atom stereocenters. The van der Waals surface area contributed by atoms with Crippen molar-refractivity contribution < 1.29 is 29.0 Å². The highest BCUT2D eigenvalue weighted by atomic mass is 35.5. The van der Waals surface area contributed by atoms with Crippen LogP contribution in [0.4, 0.5) is 17.1 Å². The molecular formula is C43H55ClN10O6S. The molecule has 2 saturated heterocycles. The molecule has 61 heavy (non-hydrogen) atoms. The van der Waals surface area contributed by atoms with E-state index in [2.05, 4.69) is 30.8 Å². The summed E-state index contributed by atoms with van der Waals surface area (Å²) in [6, 6.07) is 18.4. The lowest BCUT2D eigenvalue weighted by atomic mass is 9.85. The largest absolute Gasteiger partial charge is 0.494 e. The number of rotatable bonds is 13. The van der Waals surface area contributed by atoms with E-state index in [4.69, 9.17) is 16.2 Å². The highest BCUT2D eigenvalue weighted by molar-refractivity contribution is 7.13. The molecule has 6 rings (SSSR count). The number of aromatic nitrogens is 1. The van der Waals surface area contributed by atoms with Crippen LogP contribution >= 0.6 is 23.7 Å². The summed E-state index contributed by atoms with van der Waals surface area (Å²) in [6.45, 7) is 10.5. The number of guanidine groups is 1. The van der Waals surface area contributed by atoms with Gasteiger partial charge in [0.2, 0.25) is 17.7 Å². The van der Waals surface area contributed by atoms with Crippen LogP contribution in [0.25, 0.3) is 10.4 Å². The second-order valence-corrected chi connectivity index (χ2v) is 17.0. The first-order chi connectivity index (χ1) is 28.6. The fraction of sp³-hybridized carbons (Fsp3) is 0.395. The number of amides is 4. The molecule has 0 saturated carbocycles. The average molecular weight is 875 g/mol. The molecule has 0 unspecified atom stereocenters. The van der Waals surface area contributed by atoms with Crippen LogP contribution in [0.1, 0.15) is 48.8 Å². The van der Waals surface area contributed by atoms with Gasteiger partial charge in [-0.15, -0.1) is 23.7 Å². The van der Waals surface area contributed by atoms with Gasteiger partial charge in [-0.25, -0.2) is 9.98 Å². The Morgan fingerprint density at radius 2 is 1.69 bits per heavy atom. The highest BCUT2D eigenvalue weighted by Gasteiger charge is 2.44. The molecule has 3 aromatic carbocycles. The van der Waals surface area contributed by atoms with Crippen LogP contribution in [-0.2, 0) is 20.9 Å². The maximum Gasteiger partial charge on any atom is 0.255 e. The number of nitrogens with two attached hydrogens (primary N) is 2. The van der Waals surface area contributed by atoms with E-state index in [9.17, 15) is 24.3 Å². The van der Waals surface area contributed by atoms with E-state index in [0.29, 0.717) is 48.9 Å². The minimum Gasteiger partial charge on any atom is -0.494 e. The number of piperazine rings is 1. The summed E-state index contributed by atoms with van der Waals surface area (Å²) in [5, 5.41) is 19.4. The third-order valence-corrected chi connectivity index (χ3v) is 11.6. The number of β-amino-alcohol motifs (C(OH)–C–C–N with tert-alkyl or cyclic N) is 1. The lowest BCUT2D eigenvalue weighted by Gasteiger charge is -2.37. The first-order valence-electron chi connectivity index (χ1n) is 19.8. The van der Waals surface area contributed by atoms with Crippen molar-refractivity contribution in [2.45, 2.75) is 58.8 Å². The van der Waals surface area contributed by atoms with E-state index in [-0.39, 0.29) is 62.1 Å². The number of aliphatic imine (C=N–C) groups is 1. The zero-order chi connectivity index (χ0) is 43.1. The van der Waals surface area contributed by atoms with Crippen molar-refractivity contribution >= 4 is 70.4 Å². The average Bonchev–Trinajstić information content (AvgIpc) is 3.84. The van der Waals surface area contributed by atoms with Crippen molar-refractivity contribution in [2.75, 3.05) is 56.6 Å². The monoisotopic (exact) mass is 874 g/mol. The summed E-state index contributed by atoms with van der Waals surface area (Å²) in [7, 11) is 1.47. The van der Waals surface area contributed by atoms with Crippen LogP contribution in [0.15, 0.2) is 77.2 Å². The van der Waals surface area contributed by atoms with E-state index in [1.54, 1.807) is 29.5 Å². The topological polar surface area (TPSA) is 221 Å². The number of carbonyl (C=O) groups is 4. The van der Waals surface area contributed by atoms with E-state index in [0.717, 1.165) is 27.4 Å². The van der Waals surface area contributed by atoms with Gasteiger partial charge in [0.05, 0.1) is 35.8 Å². The Balaban J connectivity index is 0.00000704. The lowest BCUT2D eigenvalue weighted by Crippen LogP contribution is -2.59. The second-order valence-electron chi connectivity index (χ2n) is 16.1. The van der Waals surface area contributed by atoms with Crippen molar-refractivity contribution in [1.29, 1.82) is 0 Å². The first kappa shape index (κ1) is 46.3. The number of aliphatic hydroxyl groups excluding tert-OH is 1. The maximum atomic E-state index is 14.1. The number of thiazole rings is 1. The fourth-order valence-electron chi connectivity index (χ4n) is 7.36. The summed E-state index contributed by atoms with van der Waals surface area (Å²) >= 11 is 1.58. The van der Waals surface area contributed by atoms with Crippen LogP contribution in [0.5, 0.6) is 5.75 Å². The minimum absolute atomic E-state index is 0. The van der Waals surface area contributed by atoms with Gasteiger partial charge in [0, 0.05) is 62.6 Å². The van der Waals surface area contributed by atoms with Crippen LogP contribution < -0.4 is 37.1 Å². The smallest absolute Gasteiger partial charge is 0.255 e. The SMILES string of the molecule is COc1cc(C(=O)Nc2ccc(N3CCN(CC(=O)N[C@H](C(=O)N4C[C@H](O)C[C@H]4C(=O)NCc4ccc(-c5scnc5C)cc4)C(C)(C)C)CC3)cc2)ccc1N=C(N)N.Cl. The standard InChI is InChI=1S/C43H54N10O6S.ClH/c1-26-37(60-25-47-26)28-8-6-27(7-9-28)22-46-40(57)34-21-32(54)23-53(34)41(58)38(43(2,3)4)50-36(55)24-51-16-18-52(19-17-51)31-13-11-30(12-14-31)48-39(56)29-10-15-33(49-42(44)45)35(20-29)59-5;/h6-15,20,25,32,34,38,54H,16-19,21-24H2,1-5H3,(H,46,57)(H,48,56)(H,50,55)(H4,44,45,49);1H/t32-,34+,38-;/m1./s1. The van der Waals surface area contributed by atoms with Gasteiger partial charge in [0.1, 0.15) is 23.5 Å². The van der Waals surface area contributed by atoms with Crippen LogP contribution in [-0.4, -0.2) is 114 Å². The number of benzene rings is 3. The number of hydrogen-bond donors (Lipinski definition) is 6. The molecule has 326 valence electrons. The van der Waals surface area contributed by atoms with Gasteiger partial charge in [-0.05, 0) is 65.9 Å². The van der Waals surface area contributed by atoms with Crippen molar-refractivity contribution in [3.05, 3.63) is 89.1 Å². The third kappa shape index (κ3) is 11.8. The second kappa shape index (κ2) is 20.2. The summed E-state index contributed by atoms with van der Waals surface area (Å²) in [4.78, 5) is 69.1. The minimum atomic E-state index is -0.917. The number of methoxy groups -OCH3 is 1. The quantitative estimate of drug-likeness (QED) is 0.0842. The molecule has 2 fully saturated rings. The zero-order valence-electron chi connectivity index (χ0n) is 35.0. The van der Waals surface area contributed by atoms with Gasteiger partial charge < -0.3 is 47.1 Å². The number of carbonyl (C=O) groups excluding carboxylic acids is 4. The third-order valence-electron chi connectivity index (χ3n) is 10.6. The van der Waals surface area contributed by atoms with Crippen molar-refractivity contribution in [1.82, 2.24) is 25.4 Å². The van der Waals surface area contributed by atoms with Crippen molar-refractivity contribution in [3.8, 4) is 16.2 Å². The van der Waals surface area contributed by atoms with Crippen LogP contribution in [0.3, 0.4) is 0 Å². The van der Waals surface area contributed by atoms with Gasteiger partial charge in [-0.3, -0.25) is 24.1 Å². The number of ether oxygens (including phenoxy) is 1. The number of nitrogens with one attached hydrogen (secondary N) is 3. The molecule has 2 aliphatic heterocycles. The van der Waals surface area contributed by atoms with Crippen molar-refractivity contribution in [3.63, 3.8) is 0 Å². The number of anilines is 2. The number of likely N-dealkylation sites (tertiary alicyclic amines) is 1. The zero-order valence-corrected chi connectivity index (χ0v) is 36.6. The predicted octanol–water partition coefficient (Wildman–Crippen LogP) is 3.64. The van der Waals surface area contributed by atoms with Crippen molar-refractivity contribution in [2.24, 2.45) is 21.9 Å². The van der Waals surface area contributed by atoms with E-state index in [1.165, 1.54) is 12.0 Å². The summed E-state index contributed by atoms with van der Waals surface area (Å²) in [6.07, 6.45) is -0.749. The summed E-state index contributed by atoms with van der Waals surface area (Å²) < 4.78 is 5.33. The molecule has 0 spiro atoms. The number of nitrogens with zero attached hydrogens (tertiary/aromatic N) is 5. The molecular weight excluding hydrogens is 820 g/mol. The molecule has 18 heteroatoms. The van der Waals surface area contributed by atoms with Gasteiger partial charge in [0.25, 0.3) is 5.91 Å². The maximum absolute atomic E-state index is 14.1. The number of aliphatic hydroxyl groups is 1. The molecule has 16 nitrogen and oxygen atoms in total. The molecule has 3 heterocycles. The number of halogens is 1. The fourth-order valence-corrected chi connectivity index (χ4v) is 8.18. The van der Waals surface area contributed by atoms with E-state index < -0.39 is 29.5 Å². The summed E-state index contributed by atoms with van der Waals surface area (Å²) in [5.41, 5.74) is 17.4. The Hall–Kier alpha value is -5.75. The first-order valence-corrected chi connectivity index (χ1v) is 20.7. The molecule has 0 radical (unpaired) electrons. The predicted molar refractivity (Wildman–Crippen MR) is 240 cm³/mol. The molecule has 8 N–H and O–H groups in total. The van der Waals surface area contributed by atoms with E-state index >= 15 is 0 Å². The van der Waals surface area contributed by atoms with E-state index in [1.807, 2.05) is 86.6 Å². The molecule has 4 amide bonds. The molecule has 1 aromatic heterocycles. The van der Waals surface area contributed by atoms with Gasteiger partial charge >= 0.3 is 0 Å².